The van der Waals surface area contributed by atoms with Gasteiger partial charge in [0.15, 0.2) is 0 Å². The van der Waals surface area contributed by atoms with Crippen molar-refractivity contribution in [1.29, 1.82) is 0 Å². The van der Waals surface area contributed by atoms with Crippen LogP contribution in [0.3, 0.4) is 0 Å². The van der Waals surface area contributed by atoms with E-state index in [0.717, 1.165) is 42.0 Å². The molecule has 0 saturated carbocycles. The first-order valence-corrected chi connectivity index (χ1v) is 11.5. The molecule has 1 aromatic heterocycles. The number of aromatic nitrogens is 1. The molecule has 178 valence electrons. The van der Waals surface area contributed by atoms with E-state index in [2.05, 4.69) is 0 Å². The highest BCUT2D eigenvalue weighted by molar-refractivity contribution is 5.71. The second-order valence-corrected chi connectivity index (χ2v) is 8.51. The Morgan fingerprint density at radius 3 is 2.79 bits per heavy atom. The van der Waals surface area contributed by atoms with Gasteiger partial charge in [0.05, 0.1) is 23.9 Å². The molecule has 3 aromatic rings. The van der Waals surface area contributed by atoms with Crippen LogP contribution in [0.4, 0.5) is 0 Å². The number of carbonyl (C=O) groups is 1. The normalized spacial score (nSPS) is 16.2. The Labute approximate surface area is 199 Å². The minimum atomic E-state index is -0.900. The number of aliphatic carboxylic acids is 1. The highest BCUT2D eigenvalue weighted by Gasteiger charge is 2.17. The van der Waals surface area contributed by atoms with Crippen LogP contribution in [0, 0.1) is 0 Å². The van der Waals surface area contributed by atoms with E-state index in [9.17, 15) is 9.90 Å². The molecule has 0 radical (unpaired) electrons. The lowest BCUT2D eigenvalue weighted by molar-refractivity contribution is -0.136. The molecule has 0 amide bonds. The molecule has 1 saturated heterocycles. The van der Waals surface area contributed by atoms with E-state index in [0.29, 0.717) is 23.7 Å². The smallest absolute Gasteiger partial charge is 0.307 e. The highest BCUT2D eigenvalue weighted by atomic mass is 16.5. The van der Waals surface area contributed by atoms with Gasteiger partial charge in [-0.05, 0) is 61.7 Å². The van der Waals surface area contributed by atoms with Gasteiger partial charge in [-0.1, -0.05) is 24.3 Å². The number of ether oxygens (including phenoxy) is 3. The van der Waals surface area contributed by atoms with Gasteiger partial charge in [0.25, 0.3) is 0 Å². The molecule has 4 rings (SSSR count). The molecule has 1 aliphatic heterocycles. The average Bonchev–Trinajstić information content (AvgIpc) is 3.36. The fourth-order valence-corrected chi connectivity index (χ4v) is 3.92. The number of nitrogens with zero attached hydrogens (tertiary/aromatic N) is 1. The first-order valence-electron chi connectivity index (χ1n) is 11.5. The van der Waals surface area contributed by atoms with Crippen LogP contribution in [0.5, 0.6) is 11.5 Å². The van der Waals surface area contributed by atoms with Gasteiger partial charge < -0.3 is 25.1 Å². The second kappa shape index (κ2) is 11.1. The molecule has 0 bridgehead atoms. The van der Waals surface area contributed by atoms with Gasteiger partial charge in [-0.3, -0.25) is 9.78 Å². The van der Waals surface area contributed by atoms with Crippen molar-refractivity contribution in [2.75, 3.05) is 13.2 Å². The van der Waals surface area contributed by atoms with E-state index < -0.39 is 5.97 Å². The van der Waals surface area contributed by atoms with Crippen LogP contribution in [0.25, 0.3) is 11.3 Å². The van der Waals surface area contributed by atoms with Gasteiger partial charge >= 0.3 is 5.97 Å². The molecule has 0 spiro atoms. The molecular formula is C27H30N2O5. The third-order valence-corrected chi connectivity index (χ3v) is 5.67. The topological polar surface area (TPSA) is 104 Å². The summed E-state index contributed by atoms with van der Waals surface area (Å²) in [6.07, 6.45) is 2.05. The second-order valence-electron chi connectivity index (χ2n) is 8.51. The van der Waals surface area contributed by atoms with Crippen molar-refractivity contribution in [3.8, 4) is 22.8 Å². The maximum Gasteiger partial charge on any atom is 0.307 e. The molecule has 0 aliphatic carbocycles. The molecule has 2 aromatic carbocycles. The summed E-state index contributed by atoms with van der Waals surface area (Å²) in [5.74, 6) is 0.357. The van der Waals surface area contributed by atoms with E-state index >= 15 is 0 Å². The lowest BCUT2D eigenvalue weighted by atomic mass is 10.1. The summed E-state index contributed by atoms with van der Waals surface area (Å²) >= 11 is 0. The van der Waals surface area contributed by atoms with Crippen molar-refractivity contribution in [3.05, 3.63) is 77.5 Å². The van der Waals surface area contributed by atoms with Crippen LogP contribution in [0.1, 0.15) is 42.6 Å². The summed E-state index contributed by atoms with van der Waals surface area (Å²) in [7, 11) is 0. The summed E-state index contributed by atoms with van der Waals surface area (Å²) in [6.45, 7) is 3.42. The van der Waals surface area contributed by atoms with Crippen LogP contribution >= 0.6 is 0 Å². The molecule has 1 aliphatic rings. The predicted octanol–water partition coefficient (Wildman–Crippen LogP) is 4.53. The number of benzene rings is 2. The van der Waals surface area contributed by atoms with Crippen molar-refractivity contribution < 1.29 is 24.1 Å². The molecule has 7 heteroatoms. The number of hydrogen-bond donors (Lipinski definition) is 2. The number of carboxylic acids is 1. The summed E-state index contributed by atoms with van der Waals surface area (Å²) in [5, 5.41) is 9.19. The maximum absolute atomic E-state index is 11.2. The van der Waals surface area contributed by atoms with Gasteiger partial charge in [-0.2, -0.15) is 0 Å². The predicted molar refractivity (Wildman–Crippen MR) is 129 cm³/mol. The van der Waals surface area contributed by atoms with Crippen molar-refractivity contribution in [2.24, 2.45) is 5.73 Å². The number of nitrogens with two attached hydrogens (primary N) is 1. The van der Waals surface area contributed by atoms with E-state index in [4.69, 9.17) is 24.9 Å². The van der Waals surface area contributed by atoms with Crippen molar-refractivity contribution in [1.82, 2.24) is 4.98 Å². The molecule has 3 N–H and O–H groups in total. The SMILES string of the molecule is C[C@@H](N)c1cccc(-c2cc(COc3ccccc3CC(=O)O)cc(OC[C@H]3CCCO3)c2)n1. The summed E-state index contributed by atoms with van der Waals surface area (Å²) in [4.78, 5) is 15.9. The highest BCUT2D eigenvalue weighted by Crippen LogP contribution is 2.28. The largest absolute Gasteiger partial charge is 0.491 e. The summed E-state index contributed by atoms with van der Waals surface area (Å²) < 4.78 is 17.8. The molecule has 7 nitrogen and oxygen atoms in total. The third kappa shape index (κ3) is 6.34. The van der Waals surface area contributed by atoms with Crippen LogP contribution < -0.4 is 15.2 Å². The zero-order chi connectivity index (χ0) is 23.9. The van der Waals surface area contributed by atoms with E-state index in [-0.39, 0.29) is 25.2 Å². The monoisotopic (exact) mass is 462 g/mol. The van der Waals surface area contributed by atoms with Crippen LogP contribution in [-0.2, 0) is 22.6 Å². The summed E-state index contributed by atoms with van der Waals surface area (Å²) in [6, 6.07) is 18.7. The van der Waals surface area contributed by atoms with Gasteiger partial charge in [0, 0.05) is 23.8 Å². The lowest BCUT2D eigenvalue weighted by Crippen LogP contribution is -2.16. The maximum atomic E-state index is 11.2. The third-order valence-electron chi connectivity index (χ3n) is 5.67. The Hall–Kier alpha value is -3.42. The minimum Gasteiger partial charge on any atom is -0.491 e. The first-order chi connectivity index (χ1) is 16.5. The van der Waals surface area contributed by atoms with Crippen molar-refractivity contribution in [2.45, 2.75) is 44.9 Å². The molecule has 2 heterocycles. The minimum absolute atomic E-state index is 0.0973. The van der Waals surface area contributed by atoms with E-state index in [1.807, 2.05) is 49.4 Å². The number of para-hydroxylation sites is 1. The van der Waals surface area contributed by atoms with Crippen molar-refractivity contribution in [3.63, 3.8) is 0 Å². The van der Waals surface area contributed by atoms with Gasteiger partial charge in [-0.15, -0.1) is 0 Å². The van der Waals surface area contributed by atoms with E-state index in [1.165, 1.54) is 0 Å². The Kier molecular flexibility index (Phi) is 7.77. The quantitative estimate of drug-likeness (QED) is 0.456. The number of pyridine rings is 1. The van der Waals surface area contributed by atoms with E-state index in [1.54, 1.807) is 18.2 Å². The van der Waals surface area contributed by atoms with Gasteiger partial charge in [0.2, 0.25) is 0 Å². The van der Waals surface area contributed by atoms with Gasteiger partial charge in [0.1, 0.15) is 24.7 Å². The average molecular weight is 463 g/mol. The standard InChI is InChI=1S/C27H30N2O5/c1-18(28)24-8-4-9-25(29-24)21-12-19(13-23(14-21)33-17-22-7-5-11-32-22)16-34-26-10-3-2-6-20(26)15-27(30)31/h2-4,6,8-10,12-14,18,22H,5,7,11,15-17,28H2,1H3,(H,30,31)/t18-,22-/m1/s1. The number of rotatable bonds is 10. The molecule has 2 atom stereocenters. The fraction of sp³-hybridized carbons (Fsp3) is 0.333. The first kappa shape index (κ1) is 23.7. The molecule has 0 unspecified atom stereocenters. The Morgan fingerprint density at radius 2 is 2.03 bits per heavy atom. The lowest BCUT2D eigenvalue weighted by Gasteiger charge is -2.16. The van der Waals surface area contributed by atoms with Crippen LogP contribution in [0.2, 0.25) is 0 Å². The summed E-state index contributed by atoms with van der Waals surface area (Å²) in [5.41, 5.74) is 10.1. The molecule has 1 fully saturated rings. The van der Waals surface area contributed by atoms with Crippen LogP contribution in [-0.4, -0.2) is 35.4 Å². The zero-order valence-electron chi connectivity index (χ0n) is 19.3. The zero-order valence-corrected chi connectivity index (χ0v) is 19.3. The number of carboxylic acid groups (broad SMARTS) is 1. The number of hydrogen-bond acceptors (Lipinski definition) is 6. The fourth-order valence-electron chi connectivity index (χ4n) is 3.92. The van der Waals surface area contributed by atoms with Gasteiger partial charge in [-0.25, -0.2) is 0 Å². The molecule has 34 heavy (non-hydrogen) atoms. The Balaban J connectivity index is 1.59. The molecular weight excluding hydrogens is 432 g/mol. The Bertz CT molecular complexity index is 1130. The van der Waals surface area contributed by atoms with Crippen molar-refractivity contribution >= 4 is 5.97 Å². The Morgan fingerprint density at radius 1 is 1.18 bits per heavy atom. The van der Waals surface area contributed by atoms with Crippen LogP contribution in [0.15, 0.2) is 60.7 Å².